The summed E-state index contributed by atoms with van der Waals surface area (Å²) < 4.78 is 25.0. The van der Waals surface area contributed by atoms with Gasteiger partial charge < -0.3 is 0 Å². The van der Waals surface area contributed by atoms with Gasteiger partial charge in [-0.25, -0.2) is 0 Å². The largest absolute Gasteiger partial charge is 0.302 e. The Hall–Kier alpha value is -0.970. The summed E-state index contributed by atoms with van der Waals surface area (Å²) in [6.45, 7) is 0. The van der Waals surface area contributed by atoms with E-state index in [4.69, 9.17) is 8.74 Å². The summed E-state index contributed by atoms with van der Waals surface area (Å²) in [4.78, 5) is 0. The van der Waals surface area contributed by atoms with Crippen LogP contribution in [0.1, 0.15) is 30.9 Å². The van der Waals surface area contributed by atoms with E-state index in [1.165, 1.54) is 0 Å². The quantitative estimate of drug-likeness (QED) is 0.661. The summed E-state index contributed by atoms with van der Waals surface area (Å²) in [6, 6.07) is 9.65. The second-order valence-corrected chi connectivity index (χ2v) is 4.82. The molecule has 0 aliphatic heterocycles. The zero-order valence-corrected chi connectivity index (χ0v) is 10.3. The molecule has 2 rings (SSSR count). The molecule has 0 radical (unpaired) electrons. The van der Waals surface area contributed by atoms with Crippen LogP contribution in [0.25, 0.3) is 0 Å². The molecule has 3 unspecified atom stereocenters. The Morgan fingerprint density at radius 1 is 1.29 bits per heavy atom. The topological polar surface area (TPSA) is 46.5 Å². The Labute approximate surface area is 104 Å². The van der Waals surface area contributed by atoms with Crippen molar-refractivity contribution in [3.05, 3.63) is 48.0 Å². The van der Waals surface area contributed by atoms with Crippen LogP contribution in [0.4, 0.5) is 0 Å². The molecule has 4 heteroatoms. The van der Waals surface area contributed by atoms with Gasteiger partial charge in [0.15, 0.2) is 0 Å². The summed E-state index contributed by atoms with van der Waals surface area (Å²) in [7, 11) is 0. The van der Waals surface area contributed by atoms with E-state index in [0.717, 1.165) is 24.8 Å². The summed E-state index contributed by atoms with van der Waals surface area (Å²) in [5.41, 5.74) is 0.968. The second-order valence-electron chi connectivity index (χ2n) is 4.19. The average molecular weight is 252 g/mol. The Balaban J connectivity index is 2.18. The minimum absolute atomic E-state index is 0.276. The van der Waals surface area contributed by atoms with Crippen LogP contribution in [0.5, 0.6) is 0 Å². The first-order valence-corrected chi connectivity index (χ1v) is 6.78. The Kier molecular flexibility index (Phi) is 4.48. The zero-order chi connectivity index (χ0) is 12.1. The highest BCUT2D eigenvalue weighted by Gasteiger charge is 2.26. The molecule has 0 amide bonds. The van der Waals surface area contributed by atoms with Gasteiger partial charge >= 0.3 is 11.4 Å². The van der Waals surface area contributed by atoms with Gasteiger partial charge in [0.05, 0.1) is 0 Å². The smallest absolute Gasteiger partial charge is 0.284 e. The van der Waals surface area contributed by atoms with Gasteiger partial charge in [-0.1, -0.05) is 42.5 Å². The fraction of sp³-hybridized carbons (Fsp3) is 0.385. The van der Waals surface area contributed by atoms with Crippen molar-refractivity contribution in [3.63, 3.8) is 0 Å². The molecular weight excluding hydrogens is 236 g/mol. The number of allylic oxidation sites excluding steroid dienone is 2. The van der Waals surface area contributed by atoms with Crippen LogP contribution in [0.15, 0.2) is 42.5 Å². The summed E-state index contributed by atoms with van der Waals surface area (Å²) in [6.07, 6.45) is 6.87. The van der Waals surface area contributed by atoms with Crippen LogP contribution >= 0.6 is 0 Å². The van der Waals surface area contributed by atoms with Crippen LogP contribution in [0.2, 0.25) is 0 Å². The molecule has 3 nitrogen and oxygen atoms in total. The van der Waals surface area contributed by atoms with Gasteiger partial charge in [0, 0.05) is 0 Å². The molecule has 1 aliphatic carbocycles. The summed E-state index contributed by atoms with van der Waals surface area (Å²) in [5.74, 6) is 0.276. The molecule has 0 aromatic heterocycles. The highest BCUT2D eigenvalue weighted by Crippen LogP contribution is 2.34. The van der Waals surface area contributed by atoms with Crippen molar-refractivity contribution in [1.82, 2.24) is 0 Å². The van der Waals surface area contributed by atoms with Gasteiger partial charge in [0.2, 0.25) is 0 Å². The SMILES string of the molecule is O=S(O)OC(c1ccccc1)C1CC=CCC1. The first kappa shape index (κ1) is 12.5. The maximum atomic E-state index is 10.9. The van der Waals surface area contributed by atoms with Crippen molar-refractivity contribution >= 4 is 11.4 Å². The number of rotatable bonds is 4. The van der Waals surface area contributed by atoms with E-state index in [9.17, 15) is 4.21 Å². The highest BCUT2D eigenvalue weighted by atomic mass is 32.2. The molecular formula is C13H16O3S. The van der Waals surface area contributed by atoms with Gasteiger partial charge in [-0.3, -0.25) is 8.74 Å². The number of hydrogen-bond acceptors (Lipinski definition) is 2. The third kappa shape index (κ3) is 3.49. The lowest BCUT2D eigenvalue weighted by Crippen LogP contribution is -2.18. The second kappa shape index (κ2) is 6.10. The monoisotopic (exact) mass is 252 g/mol. The third-order valence-electron chi connectivity index (χ3n) is 3.05. The van der Waals surface area contributed by atoms with Crippen molar-refractivity contribution in [2.24, 2.45) is 5.92 Å². The van der Waals surface area contributed by atoms with E-state index < -0.39 is 11.4 Å². The van der Waals surface area contributed by atoms with Crippen LogP contribution in [-0.4, -0.2) is 8.76 Å². The van der Waals surface area contributed by atoms with E-state index in [1.807, 2.05) is 30.3 Å². The predicted molar refractivity (Wildman–Crippen MR) is 67.5 cm³/mol. The van der Waals surface area contributed by atoms with Crippen LogP contribution in [0, 0.1) is 5.92 Å². The molecule has 0 saturated heterocycles. The van der Waals surface area contributed by atoms with Gasteiger partial charge in [-0.05, 0) is 30.7 Å². The Morgan fingerprint density at radius 3 is 2.65 bits per heavy atom. The zero-order valence-electron chi connectivity index (χ0n) is 9.49. The molecule has 0 fully saturated rings. The lowest BCUT2D eigenvalue weighted by Gasteiger charge is -2.26. The molecule has 92 valence electrons. The van der Waals surface area contributed by atoms with Gasteiger partial charge in [0.25, 0.3) is 0 Å². The van der Waals surface area contributed by atoms with E-state index in [-0.39, 0.29) is 12.0 Å². The van der Waals surface area contributed by atoms with Crippen LogP contribution in [0.3, 0.4) is 0 Å². The lowest BCUT2D eigenvalue weighted by molar-refractivity contribution is 0.132. The molecule has 0 spiro atoms. The maximum absolute atomic E-state index is 10.9. The predicted octanol–water partition coefficient (Wildman–Crippen LogP) is 3.24. The molecule has 1 aliphatic rings. The Morgan fingerprint density at radius 2 is 2.06 bits per heavy atom. The van der Waals surface area contributed by atoms with Crippen molar-refractivity contribution < 1.29 is 12.9 Å². The van der Waals surface area contributed by atoms with Crippen molar-refractivity contribution in [1.29, 1.82) is 0 Å². The van der Waals surface area contributed by atoms with Crippen LogP contribution < -0.4 is 0 Å². The van der Waals surface area contributed by atoms with E-state index in [2.05, 4.69) is 12.2 Å². The number of benzene rings is 1. The molecule has 1 aromatic carbocycles. The van der Waals surface area contributed by atoms with E-state index in [0.29, 0.717) is 0 Å². The molecule has 17 heavy (non-hydrogen) atoms. The normalized spacial score (nSPS) is 23.2. The lowest BCUT2D eigenvalue weighted by atomic mass is 9.86. The van der Waals surface area contributed by atoms with E-state index in [1.54, 1.807) is 0 Å². The Bertz CT molecular complexity index is 402. The fourth-order valence-electron chi connectivity index (χ4n) is 2.23. The van der Waals surface area contributed by atoms with Crippen molar-refractivity contribution in [2.75, 3.05) is 0 Å². The molecule has 3 atom stereocenters. The number of hydrogen-bond donors (Lipinski definition) is 1. The van der Waals surface area contributed by atoms with Crippen molar-refractivity contribution in [3.8, 4) is 0 Å². The summed E-state index contributed by atoms with van der Waals surface area (Å²) in [5, 5.41) is 0. The third-order valence-corrected chi connectivity index (χ3v) is 3.42. The molecule has 0 saturated carbocycles. The minimum Gasteiger partial charge on any atom is -0.284 e. The van der Waals surface area contributed by atoms with Crippen molar-refractivity contribution in [2.45, 2.75) is 25.4 Å². The van der Waals surface area contributed by atoms with Crippen LogP contribution in [-0.2, 0) is 15.5 Å². The first-order chi connectivity index (χ1) is 8.27. The summed E-state index contributed by atoms with van der Waals surface area (Å²) >= 11 is -2.22. The molecule has 0 bridgehead atoms. The van der Waals surface area contributed by atoms with Gasteiger partial charge in [0.1, 0.15) is 6.10 Å². The first-order valence-electron chi connectivity index (χ1n) is 5.75. The highest BCUT2D eigenvalue weighted by molar-refractivity contribution is 7.74. The molecule has 1 N–H and O–H groups in total. The standard InChI is InChI=1S/C13H16O3S/c14-17(15)16-13(11-7-3-1-4-8-11)12-9-5-2-6-10-12/h1-5,7-8,12-13H,6,9-10H2,(H,14,15). The fourth-order valence-corrected chi connectivity index (χ4v) is 2.68. The minimum atomic E-state index is -2.22. The maximum Gasteiger partial charge on any atom is 0.302 e. The van der Waals surface area contributed by atoms with E-state index >= 15 is 0 Å². The molecule has 0 heterocycles. The average Bonchev–Trinajstić information content (AvgIpc) is 2.38. The van der Waals surface area contributed by atoms with Gasteiger partial charge in [-0.2, -0.15) is 4.21 Å². The van der Waals surface area contributed by atoms with Gasteiger partial charge in [-0.15, -0.1) is 0 Å². The molecule has 1 aromatic rings.